The number of hydrogen-bond acceptors (Lipinski definition) is 6. The van der Waals surface area contributed by atoms with E-state index in [0.717, 1.165) is 35.4 Å². The van der Waals surface area contributed by atoms with Crippen LogP contribution in [0, 0.1) is 0 Å². The van der Waals surface area contributed by atoms with Gasteiger partial charge in [0.05, 0.1) is 25.6 Å². The van der Waals surface area contributed by atoms with Crippen molar-refractivity contribution in [2.45, 2.75) is 121 Å². The number of aliphatic imine (C=N–C) groups is 1. The lowest BCUT2D eigenvalue weighted by atomic mass is 9.90. The van der Waals surface area contributed by atoms with Gasteiger partial charge in [-0.05, 0) is 74.0 Å². The number of nitrogens with one attached hydrogen (secondary N) is 2. The third-order valence-corrected chi connectivity index (χ3v) is 11.0. The molecule has 0 amide bonds. The average Bonchev–Trinajstić information content (AvgIpc) is 3.59. The number of aliphatic hydroxyl groups excluding tert-OH is 2. The maximum absolute atomic E-state index is 9.74. The molecule has 0 aromatic heterocycles. The van der Waals surface area contributed by atoms with Gasteiger partial charge in [0.15, 0.2) is 12.6 Å². The molecule has 234 valence electrons. The summed E-state index contributed by atoms with van der Waals surface area (Å²) in [7, 11) is 2.32. The highest BCUT2D eigenvalue weighted by atomic mass is 16.5. The largest absolute Gasteiger partial charge is 0.378 e. The second-order valence-corrected chi connectivity index (χ2v) is 13.3. The van der Waals surface area contributed by atoms with Crippen LogP contribution in [0.25, 0.3) is 0 Å². The smallest absolute Gasteiger partial charge is 0.151 e. The Morgan fingerprint density at radius 3 is 2.28 bits per heavy atom. The lowest BCUT2D eigenvalue weighted by molar-refractivity contribution is -0.916. The van der Waals surface area contributed by atoms with E-state index in [-0.39, 0.29) is 31.0 Å². The van der Waals surface area contributed by atoms with Gasteiger partial charge in [0.25, 0.3) is 0 Å². The van der Waals surface area contributed by atoms with E-state index < -0.39 is 12.6 Å². The first-order chi connectivity index (χ1) is 20.4. The maximum atomic E-state index is 9.74. The van der Waals surface area contributed by atoms with Crippen LogP contribution in [0.3, 0.4) is 0 Å². The first kappa shape index (κ1) is 31.8. The first-order valence-electron chi connectivity index (χ1n) is 16.0. The van der Waals surface area contributed by atoms with Crippen molar-refractivity contribution >= 4 is 5.71 Å². The summed E-state index contributed by atoms with van der Waals surface area (Å²) >= 11 is 0. The summed E-state index contributed by atoms with van der Waals surface area (Å²) in [6.45, 7) is 17.2. The third kappa shape index (κ3) is 6.06. The Balaban J connectivity index is 1.61. The molecule has 7 atom stereocenters. The van der Waals surface area contributed by atoms with Crippen LogP contribution >= 0.6 is 0 Å². The van der Waals surface area contributed by atoms with E-state index in [0.29, 0.717) is 37.4 Å². The standard InChI is InChI=1S/C35H50N4O4/c1-8-22-18(3)28-17-33-23(9-2)21(6)32(39(33)7)16-27-20(5)25(11-13-35(42)43)31(38-27)15-30-24(10-12-34(40)41)19(4)26(36-30)14-29(22)37-28/h8-9,14,27-30,32-37,40-43H,1-2,10-13,15-17H2,3-7H3/p+2/b26-14-. The number of aliphatic hydroxyl groups is 4. The number of quaternary nitrogens is 2. The summed E-state index contributed by atoms with van der Waals surface area (Å²) in [5, 5.41) is 45.2. The van der Waals surface area contributed by atoms with E-state index in [9.17, 15) is 20.4 Å². The number of fused-ring (bicyclic) bond motifs is 7. The Bertz CT molecular complexity index is 1350. The molecule has 8 heteroatoms. The van der Waals surface area contributed by atoms with Crippen molar-refractivity contribution in [2.75, 3.05) is 7.05 Å². The number of nitrogens with zero attached hydrogens (tertiary/aromatic N) is 1. The van der Waals surface area contributed by atoms with Gasteiger partial charge in [-0.15, -0.1) is 0 Å². The van der Waals surface area contributed by atoms with E-state index in [4.69, 9.17) is 4.99 Å². The Morgan fingerprint density at radius 2 is 1.63 bits per heavy atom. The molecule has 8 nitrogen and oxygen atoms in total. The van der Waals surface area contributed by atoms with Gasteiger partial charge in [0.1, 0.15) is 24.2 Å². The number of nitrogens with two attached hydrogens (primary N) is 1. The van der Waals surface area contributed by atoms with Crippen LogP contribution in [0.5, 0.6) is 0 Å². The molecule has 0 aromatic carbocycles. The van der Waals surface area contributed by atoms with Gasteiger partial charge < -0.3 is 36.0 Å². The van der Waals surface area contributed by atoms with E-state index in [1.807, 2.05) is 6.08 Å². The van der Waals surface area contributed by atoms with Gasteiger partial charge >= 0.3 is 0 Å². The highest BCUT2D eigenvalue weighted by molar-refractivity contribution is 6.03. The fraction of sp³-hybridized carbons (Fsp3) is 0.571. The Hall–Kier alpha value is -2.59. The zero-order valence-corrected chi connectivity index (χ0v) is 26.5. The van der Waals surface area contributed by atoms with E-state index in [1.165, 1.54) is 38.3 Å². The van der Waals surface area contributed by atoms with Crippen molar-refractivity contribution in [1.82, 2.24) is 5.32 Å². The Kier molecular flexibility index (Phi) is 9.47. The number of likely N-dealkylation sites (N-methyl/N-ethyl adjacent to an activating group) is 1. The summed E-state index contributed by atoms with van der Waals surface area (Å²) in [4.78, 5) is 6.85. The Morgan fingerprint density at radius 1 is 0.953 bits per heavy atom. The van der Waals surface area contributed by atoms with Crippen LogP contribution in [-0.4, -0.2) is 82.0 Å². The Labute approximate surface area is 256 Å². The summed E-state index contributed by atoms with van der Waals surface area (Å²) in [5.74, 6) is 0. The molecule has 5 aliphatic rings. The van der Waals surface area contributed by atoms with Gasteiger partial charge in [-0.1, -0.05) is 25.3 Å². The van der Waals surface area contributed by atoms with Crippen molar-refractivity contribution in [2.24, 2.45) is 4.99 Å². The average molecular weight is 593 g/mol. The molecule has 0 spiro atoms. The number of hydrogen-bond donors (Lipinski definition) is 7. The topological polar surface area (TPSA) is 126 Å². The zero-order chi connectivity index (χ0) is 31.2. The van der Waals surface area contributed by atoms with Crippen LogP contribution in [0.4, 0.5) is 0 Å². The van der Waals surface area contributed by atoms with Crippen molar-refractivity contribution in [3.05, 3.63) is 81.7 Å². The van der Waals surface area contributed by atoms with Crippen LogP contribution in [0.15, 0.2) is 86.7 Å². The molecule has 0 aromatic rings. The summed E-state index contributed by atoms with van der Waals surface area (Å²) in [6.07, 6.45) is 7.96. The van der Waals surface area contributed by atoms with Crippen molar-refractivity contribution in [3.8, 4) is 0 Å². The highest BCUT2D eigenvalue weighted by Crippen LogP contribution is 2.37. The predicted molar refractivity (Wildman–Crippen MR) is 170 cm³/mol. The van der Waals surface area contributed by atoms with Crippen molar-refractivity contribution in [3.63, 3.8) is 0 Å². The molecule has 8 bridgehead atoms. The van der Waals surface area contributed by atoms with E-state index >= 15 is 0 Å². The SMILES string of the molecule is C=CC1=C(C)C2CC3C(C=C)=C(C)C(CC4N=C(CC5N/C(=C\C1[NH2+]2)C(C)=C5CCC(O)O)C(CCC(O)O)=C4C)[NH+]3C. The molecule has 43 heavy (non-hydrogen) atoms. The monoisotopic (exact) mass is 592 g/mol. The van der Waals surface area contributed by atoms with Crippen LogP contribution in [0.2, 0.25) is 0 Å². The normalized spacial score (nSPS) is 34.0. The fourth-order valence-corrected chi connectivity index (χ4v) is 8.43. The van der Waals surface area contributed by atoms with Crippen LogP contribution in [-0.2, 0) is 0 Å². The lowest BCUT2D eigenvalue weighted by Gasteiger charge is -2.28. The minimum atomic E-state index is -1.36. The van der Waals surface area contributed by atoms with Crippen LogP contribution in [0.1, 0.15) is 72.6 Å². The van der Waals surface area contributed by atoms with E-state index in [1.54, 1.807) is 0 Å². The van der Waals surface area contributed by atoms with Crippen molar-refractivity contribution in [1.29, 1.82) is 0 Å². The molecule has 5 aliphatic heterocycles. The molecule has 0 aliphatic carbocycles. The van der Waals surface area contributed by atoms with Gasteiger partial charge in [0.2, 0.25) is 0 Å². The molecule has 5 rings (SSSR count). The van der Waals surface area contributed by atoms with Crippen molar-refractivity contribution < 1.29 is 30.6 Å². The third-order valence-electron chi connectivity index (χ3n) is 11.0. The molecule has 0 saturated carbocycles. The zero-order valence-electron chi connectivity index (χ0n) is 26.5. The molecule has 7 unspecified atom stereocenters. The molecule has 8 N–H and O–H groups in total. The maximum Gasteiger partial charge on any atom is 0.151 e. The predicted octanol–water partition coefficient (Wildman–Crippen LogP) is 1.25. The molecular weight excluding hydrogens is 540 g/mol. The first-order valence-corrected chi connectivity index (χ1v) is 16.0. The van der Waals surface area contributed by atoms with Gasteiger partial charge in [-0.2, -0.15) is 0 Å². The summed E-state index contributed by atoms with van der Waals surface area (Å²) in [6, 6.07) is 1.15. The van der Waals surface area contributed by atoms with Gasteiger partial charge in [-0.25, -0.2) is 0 Å². The number of allylic oxidation sites excluding steroid dienone is 2. The molecule has 0 saturated heterocycles. The minimum Gasteiger partial charge on any atom is -0.378 e. The highest BCUT2D eigenvalue weighted by Gasteiger charge is 2.45. The molecule has 5 heterocycles. The van der Waals surface area contributed by atoms with E-state index in [2.05, 4.69) is 70.7 Å². The second kappa shape index (κ2) is 12.8. The molecule has 0 fully saturated rings. The summed E-state index contributed by atoms with van der Waals surface area (Å²) in [5.41, 5.74) is 12.2. The van der Waals surface area contributed by atoms with Gasteiger partial charge in [0, 0.05) is 54.3 Å². The minimum absolute atomic E-state index is 0.0233. The molecular formula is C35H52N4O4+2. The quantitative estimate of drug-likeness (QED) is 0.214. The molecule has 0 radical (unpaired) electrons. The van der Waals surface area contributed by atoms with Crippen LogP contribution < -0.4 is 15.5 Å². The lowest BCUT2D eigenvalue weighted by Crippen LogP contribution is -3.15. The fourth-order valence-electron chi connectivity index (χ4n) is 8.43. The summed E-state index contributed by atoms with van der Waals surface area (Å²) < 4.78 is 0. The van der Waals surface area contributed by atoms with Gasteiger partial charge in [-0.3, -0.25) is 4.99 Å². The second-order valence-electron chi connectivity index (χ2n) is 13.3. The number of rotatable bonds is 8.